The highest BCUT2D eigenvalue weighted by atomic mass is 16.5. The first kappa shape index (κ1) is 20.8. The molecule has 1 aliphatic heterocycles. The van der Waals surface area contributed by atoms with Crippen LogP contribution in [0.4, 0.5) is 0 Å². The molecule has 2 unspecified atom stereocenters. The fourth-order valence-corrected chi connectivity index (χ4v) is 3.61. The second kappa shape index (κ2) is 8.93. The lowest BCUT2D eigenvalue weighted by Crippen LogP contribution is -2.35. The van der Waals surface area contributed by atoms with Crippen molar-refractivity contribution < 1.29 is 24.5 Å². The number of phenolic OH excluding ortho intramolecular Hbond substituents is 1. The van der Waals surface area contributed by atoms with Crippen molar-refractivity contribution in [3.63, 3.8) is 0 Å². The minimum Gasteiger partial charge on any atom is -0.504 e. The summed E-state index contributed by atoms with van der Waals surface area (Å²) in [6, 6.07) is 4.05. The number of unbranched alkanes of at least 4 members (excludes halogenated alkanes) is 1. The highest BCUT2D eigenvalue weighted by Crippen LogP contribution is 2.41. The van der Waals surface area contributed by atoms with Crippen LogP contribution in [0.3, 0.4) is 0 Å². The predicted molar refractivity (Wildman–Crippen MR) is 103 cm³/mol. The van der Waals surface area contributed by atoms with Gasteiger partial charge in [0.15, 0.2) is 23.0 Å². The summed E-state index contributed by atoms with van der Waals surface area (Å²) in [5.41, 5.74) is 0.718. The van der Waals surface area contributed by atoms with Gasteiger partial charge in [0.1, 0.15) is 0 Å². The van der Waals surface area contributed by atoms with E-state index in [1.54, 1.807) is 17.0 Å². The number of carbonyl (C=O) groups excluding carboxylic acids is 2. The van der Waals surface area contributed by atoms with E-state index in [9.17, 15) is 19.8 Å². The van der Waals surface area contributed by atoms with E-state index in [2.05, 4.69) is 13.8 Å². The van der Waals surface area contributed by atoms with Crippen molar-refractivity contribution in [2.75, 3.05) is 13.7 Å². The van der Waals surface area contributed by atoms with E-state index in [0.29, 0.717) is 12.1 Å². The molecule has 148 valence electrons. The molecule has 6 nitrogen and oxygen atoms in total. The van der Waals surface area contributed by atoms with Gasteiger partial charge in [0.25, 0.3) is 5.91 Å². The number of Topliss-reactive ketones (excluding diaryl/α,β-unsaturated/α-hetero) is 1. The number of ether oxygens (including phenoxy) is 1. The Labute approximate surface area is 160 Å². The molecule has 1 heterocycles. The van der Waals surface area contributed by atoms with Gasteiger partial charge in [0.2, 0.25) is 0 Å². The van der Waals surface area contributed by atoms with Crippen molar-refractivity contribution in [3.05, 3.63) is 35.1 Å². The van der Waals surface area contributed by atoms with Crippen molar-refractivity contribution in [3.8, 4) is 11.5 Å². The van der Waals surface area contributed by atoms with Crippen molar-refractivity contribution in [2.45, 2.75) is 52.5 Å². The molecule has 0 saturated carbocycles. The first-order valence-electron chi connectivity index (χ1n) is 9.47. The van der Waals surface area contributed by atoms with Crippen molar-refractivity contribution >= 4 is 11.7 Å². The molecule has 0 fully saturated rings. The highest BCUT2D eigenvalue weighted by molar-refractivity contribution is 6.08. The lowest BCUT2D eigenvalue weighted by Gasteiger charge is -2.30. The number of benzene rings is 1. The summed E-state index contributed by atoms with van der Waals surface area (Å²) in [6.07, 6.45) is 4.03. The number of rotatable bonds is 9. The molecule has 2 N–H and O–H groups in total. The van der Waals surface area contributed by atoms with Gasteiger partial charge in [-0.3, -0.25) is 9.59 Å². The summed E-state index contributed by atoms with van der Waals surface area (Å²) < 4.78 is 5.17. The predicted octanol–water partition coefficient (Wildman–Crippen LogP) is 3.90. The second-order valence-electron chi connectivity index (χ2n) is 7.03. The fourth-order valence-electron chi connectivity index (χ4n) is 3.61. The summed E-state index contributed by atoms with van der Waals surface area (Å²) in [4.78, 5) is 26.5. The van der Waals surface area contributed by atoms with E-state index in [0.717, 1.165) is 25.7 Å². The zero-order valence-corrected chi connectivity index (χ0v) is 16.5. The highest BCUT2D eigenvalue weighted by Gasteiger charge is 2.43. The number of amides is 1. The number of methoxy groups -OCH3 is 1. The van der Waals surface area contributed by atoms with Gasteiger partial charge in [0, 0.05) is 6.54 Å². The monoisotopic (exact) mass is 375 g/mol. The minimum atomic E-state index is -0.680. The molecule has 1 amide bonds. The molecular formula is C21H29NO5. The molecular weight excluding hydrogens is 346 g/mol. The molecule has 6 heteroatoms. The first-order chi connectivity index (χ1) is 12.8. The number of ketones is 1. The third-order valence-corrected chi connectivity index (χ3v) is 5.20. The topological polar surface area (TPSA) is 87.1 Å². The number of hydrogen-bond acceptors (Lipinski definition) is 5. The van der Waals surface area contributed by atoms with Gasteiger partial charge in [0.05, 0.1) is 18.7 Å². The lowest BCUT2D eigenvalue weighted by atomic mass is 9.94. The van der Waals surface area contributed by atoms with Gasteiger partial charge in [-0.05, 0) is 37.0 Å². The second-order valence-corrected chi connectivity index (χ2v) is 7.03. The van der Waals surface area contributed by atoms with Crippen LogP contribution in [0.1, 0.15) is 58.1 Å². The normalized spacial score (nSPS) is 18.1. The van der Waals surface area contributed by atoms with Crippen molar-refractivity contribution in [2.24, 2.45) is 5.92 Å². The number of aromatic hydroxyl groups is 1. The van der Waals surface area contributed by atoms with Crippen LogP contribution in [0.15, 0.2) is 29.5 Å². The molecule has 0 saturated heterocycles. The van der Waals surface area contributed by atoms with Crippen LogP contribution in [0.2, 0.25) is 0 Å². The standard InChI is InChI=1S/C21H29NO5/c1-5-7-8-14(6-2)12-22-19(18(13(3)23)20(25)21(22)26)15-9-10-16(24)17(11-15)27-4/h9-11,14,19,24-25H,5-8,12H2,1-4H3. The van der Waals surface area contributed by atoms with Crippen LogP contribution in [0.5, 0.6) is 11.5 Å². The number of hydrogen-bond donors (Lipinski definition) is 2. The largest absolute Gasteiger partial charge is 0.504 e. The Morgan fingerprint density at radius 3 is 2.56 bits per heavy atom. The number of phenols is 1. The molecule has 1 aliphatic rings. The van der Waals surface area contributed by atoms with E-state index in [-0.39, 0.29) is 28.8 Å². The Morgan fingerprint density at radius 2 is 2.00 bits per heavy atom. The van der Waals surface area contributed by atoms with Gasteiger partial charge >= 0.3 is 0 Å². The number of carbonyl (C=O) groups is 2. The van der Waals surface area contributed by atoms with E-state index >= 15 is 0 Å². The third-order valence-electron chi connectivity index (χ3n) is 5.20. The molecule has 0 bridgehead atoms. The Balaban J connectivity index is 2.45. The van der Waals surface area contributed by atoms with E-state index < -0.39 is 17.7 Å². The van der Waals surface area contributed by atoms with Crippen LogP contribution in [-0.4, -0.2) is 40.5 Å². The Kier molecular flexibility index (Phi) is 6.88. The summed E-state index contributed by atoms with van der Waals surface area (Å²) >= 11 is 0. The molecule has 1 aromatic rings. The van der Waals surface area contributed by atoms with Crippen LogP contribution in [0, 0.1) is 5.92 Å². The van der Waals surface area contributed by atoms with Gasteiger partial charge in [-0.2, -0.15) is 0 Å². The maximum Gasteiger partial charge on any atom is 0.290 e. The zero-order chi connectivity index (χ0) is 20.1. The summed E-state index contributed by atoms with van der Waals surface area (Å²) in [5, 5.41) is 20.2. The molecule has 0 aliphatic carbocycles. The molecule has 1 aromatic carbocycles. The molecule has 0 aromatic heterocycles. The first-order valence-corrected chi connectivity index (χ1v) is 9.47. The summed E-state index contributed by atoms with van der Waals surface area (Å²) in [5.74, 6) is -0.829. The van der Waals surface area contributed by atoms with E-state index in [1.165, 1.54) is 20.1 Å². The number of aliphatic hydroxyl groups is 1. The molecule has 2 rings (SSSR count). The Bertz CT molecular complexity index is 740. The maximum atomic E-state index is 12.7. The molecule has 2 atom stereocenters. The molecule has 0 spiro atoms. The summed E-state index contributed by atoms with van der Waals surface area (Å²) in [6.45, 7) is 6.02. The third kappa shape index (κ3) is 4.26. The zero-order valence-electron chi connectivity index (χ0n) is 16.5. The smallest absolute Gasteiger partial charge is 0.290 e. The maximum absolute atomic E-state index is 12.7. The van der Waals surface area contributed by atoms with Gasteiger partial charge in [-0.15, -0.1) is 0 Å². The Morgan fingerprint density at radius 1 is 1.30 bits per heavy atom. The Hall–Kier alpha value is -2.50. The van der Waals surface area contributed by atoms with Gasteiger partial charge in [-0.1, -0.05) is 39.2 Å². The quantitative estimate of drug-likeness (QED) is 0.683. The number of aliphatic hydroxyl groups excluding tert-OH is 1. The van der Waals surface area contributed by atoms with E-state index in [1.807, 2.05) is 0 Å². The fraction of sp³-hybridized carbons (Fsp3) is 0.524. The van der Waals surface area contributed by atoms with Crippen LogP contribution >= 0.6 is 0 Å². The van der Waals surface area contributed by atoms with Crippen molar-refractivity contribution in [1.29, 1.82) is 0 Å². The minimum absolute atomic E-state index is 0.0240. The van der Waals surface area contributed by atoms with Crippen LogP contribution in [0.25, 0.3) is 0 Å². The van der Waals surface area contributed by atoms with Crippen LogP contribution < -0.4 is 4.74 Å². The average molecular weight is 375 g/mol. The SMILES string of the molecule is CCCCC(CC)CN1C(=O)C(O)=C(C(C)=O)C1c1ccc(O)c(OC)c1. The van der Waals surface area contributed by atoms with Gasteiger partial charge < -0.3 is 19.8 Å². The molecule has 27 heavy (non-hydrogen) atoms. The van der Waals surface area contributed by atoms with E-state index in [4.69, 9.17) is 4.74 Å². The van der Waals surface area contributed by atoms with Crippen LogP contribution in [-0.2, 0) is 9.59 Å². The van der Waals surface area contributed by atoms with Gasteiger partial charge in [-0.25, -0.2) is 0 Å². The molecule has 0 radical (unpaired) electrons. The lowest BCUT2D eigenvalue weighted by molar-refractivity contribution is -0.130. The van der Waals surface area contributed by atoms with Crippen molar-refractivity contribution in [1.82, 2.24) is 4.90 Å². The average Bonchev–Trinajstić information content (AvgIpc) is 2.90. The summed E-state index contributed by atoms with van der Waals surface area (Å²) in [7, 11) is 1.44. The number of nitrogens with zero attached hydrogens (tertiary/aromatic N) is 1.